The molecule has 1 aromatic carbocycles. The molecule has 20 heavy (non-hydrogen) atoms. The summed E-state index contributed by atoms with van der Waals surface area (Å²) in [5.41, 5.74) is 1.09. The minimum absolute atomic E-state index is 0.202. The molecule has 0 aliphatic carbocycles. The summed E-state index contributed by atoms with van der Waals surface area (Å²) in [6.45, 7) is 2.95. The molecule has 0 saturated heterocycles. The molecule has 1 atom stereocenters. The van der Waals surface area contributed by atoms with Gasteiger partial charge < -0.3 is 9.88 Å². The number of benzene rings is 1. The van der Waals surface area contributed by atoms with Gasteiger partial charge in [0.05, 0.1) is 4.47 Å². The lowest BCUT2D eigenvalue weighted by Crippen LogP contribution is -2.22. The van der Waals surface area contributed by atoms with Crippen LogP contribution in [0.2, 0.25) is 0 Å². The van der Waals surface area contributed by atoms with Crippen molar-refractivity contribution in [2.75, 3.05) is 6.54 Å². The number of nitrogens with zero attached hydrogens (tertiary/aromatic N) is 2. The molecule has 1 unspecified atom stereocenters. The highest BCUT2D eigenvalue weighted by atomic mass is 79.9. The van der Waals surface area contributed by atoms with Crippen LogP contribution in [0.4, 0.5) is 4.39 Å². The van der Waals surface area contributed by atoms with Gasteiger partial charge in [0.1, 0.15) is 11.6 Å². The van der Waals surface area contributed by atoms with Gasteiger partial charge in [-0.05, 0) is 46.6 Å². The van der Waals surface area contributed by atoms with E-state index < -0.39 is 0 Å². The number of aryl methyl sites for hydroxylation is 2. The highest BCUT2D eigenvalue weighted by Crippen LogP contribution is 2.24. The van der Waals surface area contributed by atoms with Gasteiger partial charge in [-0.1, -0.05) is 13.0 Å². The highest BCUT2D eigenvalue weighted by molar-refractivity contribution is 9.10. The van der Waals surface area contributed by atoms with Crippen LogP contribution in [0.5, 0.6) is 0 Å². The summed E-state index contributed by atoms with van der Waals surface area (Å²) in [5.74, 6) is 0.835. The maximum atomic E-state index is 13.3. The van der Waals surface area contributed by atoms with Gasteiger partial charge >= 0.3 is 0 Å². The predicted octanol–water partition coefficient (Wildman–Crippen LogP) is 3.61. The zero-order chi connectivity index (χ0) is 14.5. The molecule has 0 saturated carbocycles. The SMILES string of the molecule is CCNC(CCc1nccn1C)c1ccc(F)c(Br)c1. The Labute approximate surface area is 127 Å². The molecular weight excluding hydrogens is 321 g/mol. The number of nitrogens with one attached hydrogen (secondary N) is 1. The van der Waals surface area contributed by atoms with E-state index in [1.54, 1.807) is 0 Å². The van der Waals surface area contributed by atoms with Crippen LogP contribution >= 0.6 is 15.9 Å². The van der Waals surface area contributed by atoms with Gasteiger partial charge in [0.15, 0.2) is 0 Å². The molecule has 0 aliphatic heterocycles. The van der Waals surface area contributed by atoms with Crippen LogP contribution in [0.15, 0.2) is 35.1 Å². The second kappa shape index (κ2) is 6.99. The fourth-order valence-corrected chi connectivity index (χ4v) is 2.67. The molecule has 2 rings (SSSR count). The molecule has 0 spiro atoms. The fraction of sp³-hybridized carbons (Fsp3) is 0.400. The van der Waals surface area contributed by atoms with Crippen molar-refractivity contribution in [2.45, 2.75) is 25.8 Å². The Morgan fingerprint density at radius 1 is 1.45 bits per heavy atom. The van der Waals surface area contributed by atoms with Crippen molar-refractivity contribution in [1.29, 1.82) is 0 Å². The zero-order valence-electron chi connectivity index (χ0n) is 11.7. The second-order valence-corrected chi connectivity index (χ2v) is 5.63. The number of aromatic nitrogens is 2. The lowest BCUT2D eigenvalue weighted by molar-refractivity contribution is 0.504. The molecule has 0 bridgehead atoms. The van der Waals surface area contributed by atoms with E-state index in [1.807, 2.05) is 36.1 Å². The Morgan fingerprint density at radius 3 is 2.85 bits per heavy atom. The molecule has 2 aromatic rings. The van der Waals surface area contributed by atoms with Crippen molar-refractivity contribution in [3.05, 3.63) is 52.3 Å². The third kappa shape index (κ3) is 3.67. The highest BCUT2D eigenvalue weighted by Gasteiger charge is 2.13. The molecule has 1 N–H and O–H groups in total. The standard InChI is InChI=1S/C15H19BrFN3/c1-3-18-14(6-7-15-19-8-9-20(15)2)11-4-5-13(17)12(16)10-11/h4-5,8-10,14,18H,3,6-7H2,1-2H3. The quantitative estimate of drug-likeness (QED) is 0.871. The van der Waals surface area contributed by atoms with Gasteiger partial charge in [-0.2, -0.15) is 0 Å². The number of rotatable bonds is 6. The first-order chi connectivity index (χ1) is 9.61. The van der Waals surface area contributed by atoms with E-state index in [9.17, 15) is 4.39 Å². The molecule has 1 aromatic heterocycles. The van der Waals surface area contributed by atoms with Crippen molar-refractivity contribution in [3.63, 3.8) is 0 Å². The zero-order valence-corrected chi connectivity index (χ0v) is 13.3. The average Bonchev–Trinajstić information content (AvgIpc) is 2.83. The number of halogens is 2. The lowest BCUT2D eigenvalue weighted by Gasteiger charge is -2.18. The Morgan fingerprint density at radius 2 is 2.25 bits per heavy atom. The molecule has 0 aliphatic rings. The maximum absolute atomic E-state index is 13.3. The van der Waals surface area contributed by atoms with E-state index in [-0.39, 0.29) is 11.9 Å². The van der Waals surface area contributed by atoms with E-state index >= 15 is 0 Å². The van der Waals surface area contributed by atoms with Crippen molar-refractivity contribution < 1.29 is 4.39 Å². The maximum Gasteiger partial charge on any atom is 0.137 e. The van der Waals surface area contributed by atoms with Gasteiger partial charge in [0.2, 0.25) is 0 Å². The van der Waals surface area contributed by atoms with Crippen LogP contribution in [0, 0.1) is 5.82 Å². The Hall–Kier alpha value is -1.20. The molecule has 3 nitrogen and oxygen atoms in total. The molecule has 0 radical (unpaired) electrons. The first-order valence-corrected chi connectivity index (χ1v) is 7.55. The van der Waals surface area contributed by atoms with E-state index in [1.165, 1.54) is 6.07 Å². The first kappa shape index (κ1) is 15.2. The summed E-state index contributed by atoms with van der Waals surface area (Å²) in [4.78, 5) is 4.34. The largest absolute Gasteiger partial charge is 0.338 e. The molecule has 1 heterocycles. The Kier molecular flexibility index (Phi) is 5.31. The van der Waals surface area contributed by atoms with Gasteiger partial charge in [-0.15, -0.1) is 0 Å². The van der Waals surface area contributed by atoms with Crippen LogP contribution < -0.4 is 5.32 Å². The normalized spacial score (nSPS) is 12.6. The van der Waals surface area contributed by atoms with Crippen LogP contribution in [0.1, 0.15) is 30.8 Å². The second-order valence-electron chi connectivity index (χ2n) is 4.78. The summed E-state index contributed by atoms with van der Waals surface area (Å²) >= 11 is 3.25. The Balaban J connectivity index is 2.10. The van der Waals surface area contributed by atoms with E-state index in [0.717, 1.165) is 30.8 Å². The number of hydrogen-bond donors (Lipinski definition) is 1. The molecular formula is C15H19BrFN3. The molecule has 0 fully saturated rings. The fourth-order valence-electron chi connectivity index (χ4n) is 2.27. The third-order valence-corrected chi connectivity index (χ3v) is 3.98. The van der Waals surface area contributed by atoms with Crippen molar-refractivity contribution >= 4 is 15.9 Å². The number of imidazole rings is 1. The smallest absolute Gasteiger partial charge is 0.137 e. The van der Waals surface area contributed by atoms with Gasteiger partial charge in [-0.25, -0.2) is 9.37 Å². The van der Waals surface area contributed by atoms with Gasteiger partial charge in [0, 0.05) is 31.9 Å². The van der Waals surface area contributed by atoms with E-state index in [4.69, 9.17) is 0 Å². The topological polar surface area (TPSA) is 29.9 Å². The molecule has 0 amide bonds. The van der Waals surface area contributed by atoms with E-state index in [2.05, 4.69) is 33.2 Å². The van der Waals surface area contributed by atoms with Crippen molar-refractivity contribution in [3.8, 4) is 0 Å². The average molecular weight is 340 g/mol. The van der Waals surface area contributed by atoms with Crippen molar-refractivity contribution in [1.82, 2.24) is 14.9 Å². The number of hydrogen-bond acceptors (Lipinski definition) is 2. The Bertz CT molecular complexity index is 568. The first-order valence-electron chi connectivity index (χ1n) is 6.76. The monoisotopic (exact) mass is 339 g/mol. The van der Waals surface area contributed by atoms with Crippen molar-refractivity contribution in [2.24, 2.45) is 7.05 Å². The summed E-state index contributed by atoms with van der Waals surface area (Å²) in [6.07, 6.45) is 5.57. The molecule has 5 heteroatoms. The van der Waals surface area contributed by atoms with Crippen LogP contribution in [-0.4, -0.2) is 16.1 Å². The van der Waals surface area contributed by atoms with Crippen LogP contribution in [0.3, 0.4) is 0 Å². The third-order valence-electron chi connectivity index (χ3n) is 3.37. The molecule has 108 valence electrons. The predicted molar refractivity (Wildman–Crippen MR) is 82.0 cm³/mol. The minimum atomic E-state index is -0.229. The summed E-state index contributed by atoms with van der Waals surface area (Å²) in [7, 11) is 2.00. The van der Waals surface area contributed by atoms with Gasteiger partial charge in [-0.3, -0.25) is 0 Å². The minimum Gasteiger partial charge on any atom is -0.338 e. The summed E-state index contributed by atoms with van der Waals surface area (Å²) in [6, 6.07) is 5.39. The lowest BCUT2D eigenvalue weighted by atomic mass is 10.0. The summed E-state index contributed by atoms with van der Waals surface area (Å²) < 4.78 is 15.9. The van der Waals surface area contributed by atoms with E-state index in [0.29, 0.717) is 4.47 Å². The van der Waals surface area contributed by atoms with Gasteiger partial charge in [0.25, 0.3) is 0 Å². The van der Waals surface area contributed by atoms with Crippen LogP contribution in [-0.2, 0) is 13.5 Å². The van der Waals surface area contributed by atoms with Crippen LogP contribution in [0.25, 0.3) is 0 Å². The summed E-state index contributed by atoms with van der Waals surface area (Å²) in [5, 5.41) is 3.45.